The second-order valence-electron chi connectivity index (χ2n) is 5.13. The highest BCUT2D eigenvalue weighted by atomic mass is 79.9. The van der Waals surface area contributed by atoms with Crippen molar-refractivity contribution in [2.24, 2.45) is 0 Å². The minimum absolute atomic E-state index is 0.192. The number of benzene rings is 1. The van der Waals surface area contributed by atoms with E-state index in [0.29, 0.717) is 6.04 Å². The molecule has 0 saturated carbocycles. The summed E-state index contributed by atoms with van der Waals surface area (Å²) in [5.74, 6) is 0.741. The van der Waals surface area contributed by atoms with Crippen molar-refractivity contribution in [2.75, 3.05) is 24.5 Å². The topological polar surface area (TPSA) is 41.1 Å². The fraction of sp³-hybridized carbons (Fsp3) is 0.333. The van der Waals surface area contributed by atoms with Crippen LogP contribution in [0.25, 0.3) is 0 Å². The molecule has 1 aliphatic heterocycles. The average molecular weight is 351 g/mol. The second-order valence-corrected chi connectivity index (χ2v) is 5.94. The minimum Gasteiger partial charge on any atom is -0.354 e. The van der Waals surface area contributed by atoms with Crippen LogP contribution >= 0.6 is 15.9 Å². The molecule has 1 saturated heterocycles. The quantitative estimate of drug-likeness (QED) is 0.863. The zero-order valence-corrected chi connectivity index (χ0v) is 13.1. The van der Waals surface area contributed by atoms with Gasteiger partial charge >= 0.3 is 0 Å². The molecule has 1 aromatic heterocycles. The Morgan fingerprint density at radius 3 is 2.86 bits per heavy atom. The third-order valence-electron chi connectivity index (χ3n) is 3.59. The molecule has 0 radical (unpaired) electrons. The molecule has 4 nitrogen and oxygen atoms in total. The van der Waals surface area contributed by atoms with Crippen molar-refractivity contribution in [2.45, 2.75) is 12.5 Å². The first-order chi connectivity index (χ1) is 10.2. The fourth-order valence-electron chi connectivity index (χ4n) is 2.57. The zero-order valence-electron chi connectivity index (χ0n) is 11.5. The highest BCUT2D eigenvalue weighted by Crippen LogP contribution is 2.17. The summed E-state index contributed by atoms with van der Waals surface area (Å²) in [6.45, 7) is 2.71. The summed E-state index contributed by atoms with van der Waals surface area (Å²) in [6.07, 6.45) is 2.44. The Hall–Kier alpha value is -1.53. The number of nitrogens with one attached hydrogen (secondary N) is 1. The van der Waals surface area contributed by atoms with Crippen LogP contribution in [0.2, 0.25) is 0 Å². The monoisotopic (exact) mass is 350 g/mol. The van der Waals surface area contributed by atoms with Gasteiger partial charge in [0.2, 0.25) is 0 Å². The van der Waals surface area contributed by atoms with Gasteiger partial charge in [-0.2, -0.15) is 0 Å². The SMILES string of the molecule is Fc1ccc(CC2CN(c3cc(Br)ncn3)CCN2)cc1. The first kappa shape index (κ1) is 14.4. The molecule has 3 rings (SSSR count). The number of aromatic nitrogens is 2. The van der Waals surface area contributed by atoms with E-state index in [1.54, 1.807) is 6.33 Å². The lowest BCUT2D eigenvalue weighted by atomic mass is 10.0. The van der Waals surface area contributed by atoms with Gasteiger partial charge in [-0.05, 0) is 40.0 Å². The van der Waals surface area contributed by atoms with Crippen LogP contribution in [0.3, 0.4) is 0 Å². The van der Waals surface area contributed by atoms with Crippen LogP contribution < -0.4 is 10.2 Å². The lowest BCUT2D eigenvalue weighted by Crippen LogP contribution is -2.51. The first-order valence-corrected chi connectivity index (χ1v) is 7.70. The van der Waals surface area contributed by atoms with E-state index in [0.717, 1.165) is 42.0 Å². The summed E-state index contributed by atoms with van der Waals surface area (Å²) in [7, 11) is 0. The van der Waals surface area contributed by atoms with Crippen molar-refractivity contribution < 1.29 is 4.39 Å². The lowest BCUT2D eigenvalue weighted by molar-refractivity contribution is 0.452. The molecule has 1 unspecified atom stereocenters. The summed E-state index contributed by atoms with van der Waals surface area (Å²) >= 11 is 3.38. The van der Waals surface area contributed by atoms with Crippen LogP contribution in [-0.4, -0.2) is 35.6 Å². The molecule has 110 valence electrons. The Morgan fingerprint density at radius 2 is 2.10 bits per heavy atom. The predicted molar refractivity (Wildman–Crippen MR) is 83.8 cm³/mol. The number of halogens is 2. The standard InChI is InChI=1S/C15H16BrFN4/c16-14-8-15(20-10-19-14)21-6-5-18-13(9-21)7-11-1-3-12(17)4-2-11/h1-4,8,10,13,18H,5-7,9H2. The molecule has 0 spiro atoms. The lowest BCUT2D eigenvalue weighted by Gasteiger charge is -2.34. The van der Waals surface area contributed by atoms with Crippen LogP contribution in [0, 0.1) is 5.82 Å². The summed E-state index contributed by atoms with van der Waals surface area (Å²) in [4.78, 5) is 10.6. The third kappa shape index (κ3) is 3.77. The Labute approximate surface area is 131 Å². The highest BCUT2D eigenvalue weighted by Gasteiger charge is 2.20. The molecule has 21 heavy (non-hydrogen) atoms. The molecule has 1 aliphatic rings. The number of anilines is 1. The van der Waals surface area contributed by atoms with Crippen LogP contribution in [0.4, 0.5) is 10.2 Å². The number of rotatable bonds is 3. The summed E-state index contributed by atoms with van der Waals surface area (Å²) in [5, 5.41) is 3.51. The van der Waals surface area contributed by atoms with E-state index in [1.165, 1.54) is 12.1 Å². The second kappa shape index (κ2) is 6.49. The molecule has 6 heteroatoms. The van der Waals surface area contributed by atoms with Gasteiger partial charge in [0.1, 0.15) is 22.6 Å². The van der Waals surface area contributed by atoms with Crippen LogP contribution in [-0.2, 0) is 6.42 Å². The van der Waals surface area contributed by atoms with Gasteiger partial charge in [-0.15, -0.1) is 0 Å². The fourth-order valence-corrected chi connectivity index (χ4v) is 2.87. The largest absolute Gasteiger partial charge is 0.354 e. The van der Waals surface area contributed by atoms with Gasteiger partial charge in [-0.1, -0.05) is 12.1 Å². The Balaban J connectivity index is 1.67. The van der Waals surface area contributed by atoms with Gasteiger partial charge in [0.15, 0.2) is 0 Å². The molecule has 0 amide bonds. The van der Waals surface area contributed by atoms with Crippen molar-refractivity contribution >= 4 is 21.7 Å². The van der Waals surface area contributed by atoms with Crippen molar-refractivity contribution in [1.82, 2.24) is 15.3 Å². The normalized spacial score (nSPS) is 18.8. The first-order valence-electron chi connectivity index (χ1n) is 6.91. The van der Waals surface area contributed by atoms with E-state index >= 15 is 0 Å². The zero-order chi connectivity index (χ0) is 14.7. The molecular weight excluding hydrogens is 335 g/mol. The molecule has 1 N–H and O–H groups in total. The molecule has 2 aromatic rings. The van der Waals surface area contributed by atoms with Crippen molar-refractivity contribution in [3.05, 3.63) is 52.6 Å². The van der Waals surface area contributed by atoms with Crippen LogP contribution in [0.1, 0.15) is 5.56 Å². The third-order valence-corrected chi connectivity index (χ3v) is 4.03. The van der Waals surface area contributed by atoms with Gasteiger partial charge < -0.3 is 10.2 Å². The maximum absolute atomic E-state index is 12.9. The van der Waals surface area contributed by atoms with E-state index in [2.05, 4.69) is 36.1 Å². The van der Waals surface area contributed by atoms with Gasteiger partial charge in [-0.3, -0.25) is 0 Å². The van der Waals surface area contributed by atoms with Gasteiger partial charge in [0.25, 0.3) is 0 Å². The Kier molecular flexibility index (Phi) is 4.45. The molecule has 1 fully saturated rings. The molecule has 0 aliphatic carbocycles. The smallest absolute Gasteiger partial charge is 0.133 e. The average Bonchev–Trinajstić information content (AvgIpc) is 2.50. The van der Waals surface area contributed by atoms with Crippen molar-refractivity contribution in [1.29, 1.82) is 0 Å². The highest BCUT2D eigenvalue weighted by molar-refractivity contribution is 9.10. The molecule has 1 atom stereocenters. The number of nitrogens with zero attached hydrogens (tertiary/aromatic N) is 3. The van der Waals surface area contributed by atoms with E-state index in [1.807, 2.05) is 18.2 Å². The van der Waals surface area contributed by atoms with Crippen LogP contribution in [0.15, 0.2) is 41.3 Å². The van der Waals surface area contributed by atoms with E-state index in [4.69, 9.17) is 0 Å². The maximum Gasteiger partial charge on any atom is 0.133 e. The Bertz CT molecular complexity index is 605. The molecule has 0 bridgehead atoms. The van der Waals surface area contributed by atoms with Crippen molar-refractivity contribution in [3.8, 4) is 0 Å². The van der Waals surface area contributed by atoms with Gasteiger partial charge in [-0.25, -0.2) is 14.4 Å². The van der Waals surface area contributed by atoms with E-state index < -0.39 is 0 Å². The van der Waals surface area contributed by atoms with Gasteiger partial charge in [0, 0.05) is 31.7 Å². The van der Waals surface area contributed by atoms with E-state index in [9.17, 15) is 4.39 Å². The van der Waals surface area contributed by atoms with Gasteiger partial charge in [0.05, 0.1) is 0 Å². The molecule has 2 heterocycles. The number of hydrogen-bond donors (Lipinski definition) is 1. The van der Waals surface area contributed by atoms with Crippen molar-refractivity contribution in [3.63, 3.8) is 0 Å². The number of hydrogen-bond acceptors (Lipinski definition) is 4. The number of piperazine rings is 1. The predicted octanol–water partition coefficient (Wildman–Crippen LogP) is 2.40. The maximum atomic E-state index is 12.9. The van der Waals surface area contributed by atoms with Crippen LogP contribution in [0.5, 0.6) is 0 Å². The minimum atomic E-state index is -0.192. The Morgan fingerprint density at radius 1 is 1.29 bits per heavy atom. The van der Waals surface area contributed by atoms with E-state index in [-0.39, 0.29) is 5.82 Å². The summed E-state index contributed by atoms with van der Waals surface area (Å²) in [6, 6.07) is 8.97. The molecular formula is C15H16BrFN4. The summed E-state index contributed by atoms with van der Waals surface area (Å²) in [5.41, 5.74) is 1.14. The summed E-state index contributed by atoms with van der Waals surface area (Å²) < 4.78 is 13.7. The molecule has 1 aromatic carbocycles.